The molecule has 1 saturated heterocycles. The number of hydrogen-bond donors (Lipinski definition) is 1. The Hall–Kier alpha value is -2.09. The van der Waals surface area contributed by atoms with Crippen LogP contribution in [0, 0.1) is 18.3 Å². The van der Waals surface area contributed by atoms with E-state index in [-0.39, 0.29) is 12.1 Å². The van der Waals surface area contributed by atoms with Crippen LogP contribution < -0.4 is 5.32 Å². The Balaban J connectivity index is 1.82. The molecule has 24 heavy (non-hydrogen) atoms. The number of rotatable bonds is 3. The van der Waals surface area contributed by atoms with Crippen molar-refractivity contribution in [2.75, 3.05) is 0 Å². The van der Waals surface area contributed by atoms with Crippen molar-refractivity contribution in [1.82, 2.24) is 5.32 Å². The van der Waals surface area contributed by atoms with Gasteiger partial charge in [0.2, 0.25) is 5.88 Å². The summed E-state index contributed by atoms with van der Waals surface area (Å²) in [5.41, 5.74) is 2.23. The number of nitrogens with zero attached hydrogens (tertiary/aromatic N) is 1. The monoisotopic (exact) mass is 356 g/mol. The molecule has 1 fully saturated rings. The summed E-state index contributed by atoms with van der Waals surface area (Å²) in [5.74, 6) is 0.538. The van der Waals surface area contributed by atoms with Gasteiger partial charge in [-0.25, -0.2) is 0 Å². The Labute approximate surface area is 151 Å². The van der Waals surface area contributed by atoms with E-state index in [0.717, 1.165) is 10.5 Å². The number of ether oxygens (including phenoxy) is 1. The third-order valence-electron chi connectivity index (χ3n) is 3.80. The molecule has 0 radical (unpaired) electrons. The fourth-order valence-electron chi connectivity index (χ4n) is 2.52. The molecule has 0 spiro atoms. The van der Waals surface area contributed by atoms with Crippen LogP contribution in [0.5, 0.6) is 0 Å². The van der Waals surface area contributed by atoms with Crippen LogP contribution in [0.15, 0.2) is 64.2 Å². The zero-order chi connectivity index (χ0) is 17.1. The van der Waals surface area contributed by atoms with E-state index >= 15 is 0 Å². The third-order valence-corrected chi connectivity index (χ3v) is 5.05. The van der Waals surface area contributed by atoms with E-state index < -0.39 is 0 Å². The second-order valence-corrected chi connectivity index (χ2v) is 7.23. The van der Waals surface area contributed by atoms with E-state index in [1.807, 2.05) is 62.4 Å². The highest BCUT2D eigenvalue weighted by Gasteiger charge is 2.31. The van der Waals surface area contributed by atoms with E-state index in [9.17, 15) is 5.26 Å². The van der Waals surface area contributed by atoms with Crippen LogP contribution in [-0.2, 0) is 4.74 Å². The number of hydrogen-bond acceptors (Lipinski definition) is 4. The smallest absolute Gasteiger partial charge is 0.213 e. The minimum atomic E-state index is -0.140. The van der Waals surface area contributed by atoms with E-state index in [2.05, 4.69) is 11.4 Å². The SMILES string of the molecule is Cc1ccc(S/C(C#N)=C2\NC(C)C(c3ccc(Cl)cc3)O2)cc1. The highest BCUT2D eigenvalue weighted by atomic mass is 35.5. The predicted octanol–water partition coefficient (Wildman–Crippen LogP) is 5.18. The van der Waals surface area contributed by atoms with Crippen molar-refractivity contribution in [1.29, 1.82) is 5.26 Å². The highest BCUT2D eigenvalue weighted by Crippen LogP contribution is 2.36. The Morgan fingerprint density at radius 2 is 1.83 bits per heavy atom. The van der Waals surface area contributed by atoms with Gasteiger partial charge in [-0.2, -0.15) is 5.26 Å². The molecule has 2 unspecified atom stereocenters. The lowest BCUT2D eigenvalue weighted by Crippen LogP contribution is -2.21. The number of allylic oxidation sites excluding steroid dienone is 1. The molecule has 0 aliphatic carbocycles. The topological polar surface area (TPSA) is 45.0 Å². The molecule has 2 atom stereocenters. The summed E-state index contributed by atoms with van der Waals surface area (Å²) in [6, 6.07) is 18.0. The van der Waals surface area contributed by atoms with Gasteiger partial charge in [0.15, 0.2) is 0 Å². The van der Waals surface area contributed by atoms with Crippen LogP contribution >= 0.6 is 23.4 Å². The van der Waals surface area contributed by atoms with Gasteiger partial charge >= 0.3 is 0 Å². The molecule has 1 N–H and O–H groups in total. The molecule has 0 aromatic heterocycles. The Kier molecular flexibility index (Phi) is 5.03. The van der Waals surface area contributed by atoms with Crippen molar-refractivity contribution < 1.29 is 4.74 Å². The number of nitriles is 1. The summed E-state index contributed by atoms with van der Waals surface area (Å²) in [5, 5.41) is 13.5. The largest absolute Gasteiger partial charge is 0.467 e. The lowest BCUT2D eigenvalue weighted by Gasteiger charge is -2.13. The van der Waals surface area contributed by atoms with E-state index in [1.165, 1.54) is 17.3 Å². The minimum absolute atomic E-state index is 0.0724. The van der Waals surface area contributed by atoms with Crippen molar-refractivity contribution >= 4 is 23.4 Å². The zero-order valence-corrected chi connectivity index (χ0v) is 15.0. The van der Waals surface area contributed by atoms with Crippen LogP contribution in [0.1, 0.15) is 24.2 Å². The van der Waals surface area contributed by atoms with Crippen molar-refractivity contribution in [3.63, 3.8) is 0 Å². The summed E-state index contributed by atoms with van der Waals surface area (Å²) in [6.07, 6.45) is -0.140. The lowest BCUT2D eigenvalue weighted by atomic mass is 10.0. The third kappa shape index (κ3) is 3.69. The van der Waals surface area contributed by atoms with Gasteiger partial charge in [-0.15, -0.1) is 0 Å². The Bertz CT molecular complexity index is 794. The number of halogens is 1. The van der Waals surface area contributed by atoms with Crippen molar-refractivity contribution in [2.45, 2.75) is 30.9 Å². The molecule has 3 rings (SSSR count). The maximum absolute atomic E-state index is 9.52. The quantitative estimate of drug-likeness (QED) is 0.607. The van der Waals surface area contributed by atoms with Gasteiger partial charge in [-0.1, -0.05) is 53.2 Å². The standard InChI is InChI=1S/C19H17ClN2OS/c1-12-3-9-16(10-4-12)24-17(11-21)19-22-13(2)18(23-19)14-5-7-15(20)8-6-14/h3-10,13,18,22H,1-2H3/b19-17+. The van der Waals surface area contributed by atoms with Crippen molar-refractivity contribution in [2.24, 2.45) is 0 Å². The molecule has 0 bridgehead atoms. The summed E-state index contributed by atoms with van der Waals surface area (Å²) >= 11 is 7.35. The molecular formula is C19H17ClN2OS. The number of nitrogens with one attached hydrogen (secondary N) is 1. The van der Waals surface area contributed by atoms with E-state index in [4.69, 9.17) is 16.3 Å². The van der Waals surface area contributed by atoms with Gasteiger partial charge in [0.05, 0.1) is 6.04 Å². The lowest BCUT2D eigenvalue weighted by molar-refractivity contribution is 0.154. The van der Waals surface area contributed by atoms with Crippen LogP contribution in [0.4, 0.5) is 0 Å². The second-order valence-electron chi connectivity index (χ2n) is 5.71. The van der Waals surface area contributed by atoms with E-state index in [0.29, 0.717) is 15.8 Å². The van der Waals surface area contributed by atoms with Crippen LogP contribution in [0.3, 0.4) is 0 Å². The molecule has 1 aliphatic rings. The molecule has 122 valence electrons. The minimum Gasteiger partial charge on any atom is -0.467 e. The molecule has 5 heteroatoms. The Morgan fingerprint density at radius 1 is 1.17 bits per heavy atom. The predicted molar refractivity (Wildman–Crippen MR) is 97.6 cm³/mol. The first-order valence-corrected chi connectivity index (χ1v) is 8.84. The van der Waals surface area contributed by atoms with Gasteiger partial charge in [0, 0.05) is 9.92 Å². The van der Waals surface area contributed by atoms with Crippen LogP contribution in [0.2, 0.25) is 5.02 Å². The summed E-state index contributed by atoms with van der Waals surface area (Å²) in [6.45, 7) is 4.08. The highest BCUT2D eigenvalue weighted by molar-refractivity contribution is 8.03. The first-order chi connectivity index (χ1) is 11.6. The fourth-order valence-corrected chi connectivity index (χ4v) is 3.40. The number of benzene rings is 2. The molecular weight excluding hydrogens is 340 g/mol. The molecule has 0 saturated carbocycles. The molecule has 0 amide bonds. The van der Waals surface area contributed by atoms with Gasteiger partial charge in [-0.05, 0) is 43.7 Å². The Morgan fingerprint density at radius 3 is 2.46 bits per heavy atom. The maximum atomic E-state index is 9.52. The number of aryl methyl sites for hydroxylation is 1. The van der Waals surface area contributed by atoms with E-state index in [1.54, 1.807) is 0 Å². The summed E-state index contributed by atoms with van der Waals surface area (Å²) in [7, 11) is 0. The van der Waals surface area contributed by atoms with Gasteiger partial charge in [-0.3, -0.25) is 0 Å². The second kappa shape index (κ2) is 7.21. The van der Waals surface area contributed by atoms with Crippen molar-refractivity contribution in [3.05, 3.63) is 75.5 Å². The molecule has 1 aliphatic heterocycles. The summed E-state index contributed by atoms with van der Waals surface area (Å²) < 4.78 is 6.03. The average Bonchev–Trinajstić information content (AvgIpc) is 2.96. The zero-order valence-electron chi connectivity index (χ0n) is 13.4. The maximum Gasteiger partial charge on any atom is 0.213 e. The van der Waals surface area contributed by atoms with Gasteiger partial charge in [0.25, 0.3) is 0 Å². The first-order valence-electron chi connectivity index (χ1n) is 7.64. The van der Waals surface area contributed by atoms with Gasteiger partial charge in [0.1, 0.15) is 17.1 Å². The van der Waals surface area contributed by atoms with Crippen LogP contribution in [-0.4, -0.2) is 6.04 Å². The molecule has 3 nitrogen and oxygen atoms in total. The van der Waals surface area contributed by atoms with Crippen molar-refractivity contribution in [3.8, 4) is 6.07 Å². The summed E-state index contributed by atoms with van der Waals surface area (Å²) in [4.78, 5) is 1.54. The molecule has 2 aromatic carbocycles. The first kappa shape index (κ1) is 16.8. The number of thioether (sulfide) groups is 1. The molecule has 2 aromatic rings. The van der Waals surface area contributed by atoms with Gasteiger partial charge < -0.3 is 10.1 Å². The normalized spacial score (nSPS) is 21.6. The van der Waals surface area contributed by atoms with Crippen LogP contribution in [0.25, 0.3) is 0 Å². The molecule has 1 heterocycles. The average molecular weight is 357 g/mol. The fraction of sp³-hybridized carbons (Fsp3) is 0.211.